The van der Waals surface area contributed by atoms with Crippen molar-refractivity contribution < 1.29 is 18.7 Å². The lowest BCUT2D eigenvalue weighted by molar-refractivity contribution is 0.0600. The number of furan rings is 1. The zero-order valence-corrected chi connectivity index (χ0v) is 12.9. The molecular formula is C17H18N2O4. The van der Waals surface area contributed by atoms with E-state index in [0.29, 0.717) is 11.3 Å². The van der Waals surface area contributed by atoms with Gasteiger partial charge in [0.05, 0.1) is 30.3 Å². The fraction of sp³-hybridized carbons (Fsp3) is 0.294. The summed E-state index contributed by atoms with van der Waals surface area (Å²) in [6.45, 7) is 1.86. The predicted octanol–water partition coefficient (Wildman–Crippen LogP) is 2.92. The van der Waals surface area contributed by atoms with Gasteiger partial charge in [-0.3, -0.25) is 4.79 Å². The van der Waals surface area contributed by atoms with Gasteiger partial charge in [0.25, 0.3) is 5.91 Å². The molecule has 1 aliphatic rings. The van der Waals surface area contributed by atoms with Gasteiger partial charge < -0.3 is 19.4 Å². The molecule has 1 aromatic heterocycles. The molecule has 0 radical (unpaired) electrons. The average Bonchev–Trinajstić information content (AvgIpc) is 3.27. The molecule has 2 heterocycles. The third-order valence-electron chi connectivity index (χ3n) is 3.86. The fourth-order valence-corrected chi connectivity index (χ4v) is 2.71. The second kappa shape index (κ2) is 6.56. The van der Waals surface area contributed by atoms with E-state index in [0.717, 1.165) is 31.6 Å². The number of rotatable bonds is 4. The monoisotopic (exact) mass is 314 g/mol. The van der Waals surface area contributed by atoms with Crippen molar-refractivity contribution in [2.24, 2.45) is 0 Å². The highest BCUT2D eigenvalue weighted by atomic mass is 16.5. The molecule has 0 unspecified atom stereocenters. The van der Waals surface area contributed by atoms with Gasteiger partial charge in [0.1, 0.15) is 0 Å². The molecule has 120 valence electrons. The molecule has 1 N–H and O–H groups in total. The van der Waals surface area contributed by atoms with Crippen LogP contribution in [0.4, 0.5) is 11.4 Å². The molecule has 3 rings (SSSR count). The molecule has 0 aliphatic carbocycles. The van der Waals surface area contributed by atoms with Crippen molar-refractivity contribution >= 4 is 23.3 Å². The van der Waals surface area contributed by atoms with E-state index in [4.69, 9.17) is 9.15 Å². The minimum Gasteiger partial charge on any atom is -0.465 e. The first-order chi connectivity index (χ1) is 11.2. The van der Waals surface area contributed by atoms with Crippen molar-refractivity contribution in [3.8, 4) is 0 Å². The maximum Gasteiger partial charge on any atom is 0.337 e. The van der Waals surface area contributed by atoms with E-state index < -0.39 is 5.97 Å². The molecule has 0 spiro atoms. The van der Waals surface area contributed by atoms with Crippen LogP contribution in [0.3, 0.4) is 0 Å². The second-order valence-electron chi connectivity index (χ2n) is 5.35. The maximum absolute atomic E-state index is 12.3. The van der Waals surface area contributed by atoms with Gasteiger partial charge in [-0.1, -0.05) is 0 Å². The number of nitrogens with zero attached hydrogens (tertiary/aromatic N) is 1. The van der Waals surface area contributed by atoms with Crippen LogP contribution >= 0.6 is 0 Å². The quantitative estimate of drug-likeness (QED) is 0.879. The number of amides is 1. The highest BCUT2D eigenvalue weighted by Gasteiger charge is 2.20. The Morgan fingerprint density at radius 1 is 1.22 bits per heavy atom. The molecule has 2 aromatic rings. The van der Waals surface area contributed by atoms with Gasteiger partial charge in [-0.25, -0.2) is 4.79 Å². The van der Waals surface area contributed by atoms with Gasteiger partial charge in [-0.2, -0.15) is 0 Å². The summed E-state index contributed by atoms with van der Waals surface area (Å²) in [6, 6.07) is 8.44. The molecule has 1 saturated heterocycles. The van der Waals surface area contributed by atoms with Gasteiger partial charge in [0.2, 0.25) is 0 Å². The highest BCUT2D eigenvalue weighted by molar-refractivity contribution is 6.05. The number of carbonyl (C=O) groups excluding carboxylic acids is 2. The Bertz CT molecular complexity index is 703. The van der Waals surface area contributed by atoms with Gasteiger partial charge in [0, 0.05) is 13.1 Å². The SMILES string of the molecule is COC(=O)c1ccc(N2CCCC2)c(NC(=O)c2ccco2)c1. The van der Waals surface area contributed by atoms with Crippen LogP contribution in [0.25, 0.3) is 0 Å². The van der Waals surface area contributed by atoms with Crippen LogP contribution in [0.1, 0.15) is 33.8 Å². The van der Waals surface area contributed by atoms with E-state index >= 15 is 0 Å². The number of anilines is 2. The van der Waals surface area contributed by atoms with Gasteiger partial charge in [-0.15, -0.1) is 0 Å². The number of hydrogen-bond donors (Lipinski definition) is 1. The molecule has 0 saturated carbocycles. The lowest BCUT2D eigenvalue weighted by Gasteiger charge is -2.22. The summed E-state index contributed by atoms with van der Waals surface area (Å²) in [5.41, 5.74) is 1.87. The Balaban J connectivity index is 1.93. The first kappa shape index (κ1) is 15.1. The maximum atomic E-state index is 12.3. The molecule has 0 atom stereocenters. The van der Waals surface area contributed by atoms with Crippen LogP contribution in [0, 0.1) is 0 Å². The summed E-state index contributed by atoms with van der Waals surface area (Å²) in [5.74, 6) is -0.565. The van der Waals surface area contributed by atoms with E-state index in [1.807, 2.05) is 6.07 Å². The first-order valence-corrected chi connectivity index (χ1v) is 7.51. The number of esters is 1. The molecule has 1 aromatic carbocycles. The largest absolute Gasteiger partial charge is 0.465 e. The van der Waals surface area contributed by atoms with Crippen molar-refractivity contribution in [3.05, 3.63) is 47.9 Å². The summed E-state index contributed by atoms with van der Waals surface area (Å²) >= 11 is 0. The standard InChI is InChI=1S/C17H18N2O4/c1-22-17(21)12-6-7-14(19-8-2-3-9-19)13(11-12)18-16(20)15-5-4-10-23-15/h4-7,10-11H,2-3,8-9H2,1H3,(H,18,20). The fourth-order valence-electron chi connectivity index (χ4n) is 2.71. The average molecular weight is 314 g/mol. The van der Waals surface area contributed by atoms with Crippen LogP contribution in [0.5, 0.6) is 0 Å². The minimum absolute atomic E-state index is 0.223. The van der Waals surface area contributed by atoms with E-state index in [1.54, 1.807) is 24.3 Å². The van der Waals surface area contributed by atoms with Gasteiger partial charge in [-0.05, 0) is 43.2 Å². The number of carbonyl (C=O) groups is 2. The normalized spacial score (nSPS) is 13.9. The van der Waals surface area contributed by atoms with Crippen LogP contribution in [0.2, 0.25) is 0 Å². The molecule has 1 aliphatic heterocycles. The number of nitrogens with one attached hydrogen (secondary N) is 1. The topological polar surface area (TPSA) is 71.8 Å². The van der Waals surface area contributed by atoms with E-state index in [2.05, 4.69) is 10.2 Å². The number of hydrogen-bond acceptors (Lipinski definition) is 5. The van der Waals surface area contributed by atoms with Crippen molar-refractivity contribution in [2.75, 3.05) is 30.4 Å². The third kappa shape index (κ3) is 3.21. The molecular weight excluding hydrogens is 296 g/mol. The Labute approximate surface area is 134 Å². The molecule has 23 heavy (non-hydrogen) atoms. The van der Waals surface area contributed by atoms with Crippen molar-refractivity contribution in [1.82, 2.24) is 0 Å². The lowest BCUT2D eigenvalue weighted by atomic mass is 10.1. The molecule has 6 heteroatoms. The summed E-state index contributed by atoms with van der Waals surface area (Å²) in [4.78, 5) is 26.2. The smallest absolute Gasteiger partial charge is 0.337 e. The lowest BCUT2D eigenvalue weighted by Crippen LogP contribution is -2.21. The predicted molar refractivity (Wildman–Crippen MR) is 85.9 cm³/mol. The Morgan fingerprint density at radius 2 is 2.00 bits per heavy atom. The number of methoxy groups -OCH3 is 1. The van der Waals surface area contributed by atoms with E-state index in [-0.39, 0.29) is 11.7 Å². The molecule has 0 bridgehead atoms. The Kier molecular flexibility index (Phi) is 4.32. The van der Waals surface area contributed by atoms with Gasteiger partial charge in [0.15, 0.2) is 5.76 Å². The first-order valence-electron chi connectivity index (χ1n) is 7.51. The van der Waals surface area contributed by atoms with E-state index in [1.165, 1.54) is 13.4 Å². The minimum atomic E-state index is -0.438. The van der Waals surface area contributed by atoms with Crippen molar-refractivity contribution in [2.45, 2.75) is 12.8 Å². The highest BCUT2D eigenvalue weighted by Crippen LogP contribution is 2.30. The second-order valence-corrected chi connectivity index (χ2v) is 5.35. The van der Waals surface area contributed by atoms with Crippen LogP contribution in [-0.4, -0.2) is 32.1 Å². The Morgan fingerprint density at radius 3 is 2.65 bits per heavy atom. The summed E-state index contributed by atoms with van der Waals surface area (Å²) in [5, 5.41) is 2.83. The summed E-state index contributed by atoms with van der Waals surface area (Å²) in [6.07, 6.45) is 3.68. The molecule has 1 fully saturated rings. The Hall–Kier alpha value is -2.76. The third-order valence-corrected chi connectivity index (χ3v) is 3.86. The van der Waals surface area contributed by atoms with Crippen LogP contribution in [0.15, 0.2) is 41.0 Å². The number of ether oxygens (including phenoxy) is 1. The van der Waals surface area contributed by atoms with E-state index in [9.17, 15) is 9.59 Å². The van der Waals surface area contributed by atoms with Crippen molar-refractivity contribution in [1.29, 1.82) is 0 Å². The molecule has 6 nitrogen and oxygen atoms in total. The molecule has 1 amide bonds. The summed E-state index contributed by atoms with van der Waals surface area (Å²) < 4.78 is 9.86. The van der Waals surface area contributed by atoms with Crippen LogP contribution in [-0.2, 0) is 4.74 Å². The van der Waals surface area contributed by atoms with Crippen molar-refractivity contribution in [3.63, 3.8) is 0 Å². The zero-order valence-electron chi connectivity index (χ0n) is 12.9. The number of benzene rings is 1. The summed E-state index contributed by atoms with van der Waals surface area (Å²) in [7, 11) is 1.33. The van der Waals surface area contributed by atoms with Crippen LogP contribution < -0.4 is 10.2 Å². The van der Waals surface area contributed by atoms with Gasteiger partial charge >= 0.3 is 5.97 Å². The zero-order chi connectivity index (χ0) is 16.2.